The summed E-state index contributed by atoms with van der Waals surface area (Å²) < 4.78 is 2.57. The summed E-state index contributed by atoms with van der Waals surface area (Å²) >= 11 is 4.94. The molecule has 3 heterocycles. The summed E-state index contributed by atoms with van der Waals surface area (Å²) in [5, 5.41) is 9.62. The third-order valence-corrected chi connectivity index (χ3v) is 6.26. The fourth-order valence-corrected chi connectivity index (χ4v) is 4.64. The van der Waals surface area contributed by atoms with Crippen LogP contribution in [0, 0.1) is 5.92 Å². The number of nitrogens with zero attached hydrogens (tertiary/aromatic N) is 3. The van der Waals surface area contributed by atoms with Crippen LogP contribution < -0.4 is 5.69 Å². The van der Waals surface area contributed by atoms with Crippen molar-refractivity contribution in [1.29, 1.82) is 0 Å². The number of H-pyrrole nitrogens is 1. The van der Waals surface area contributed by atoms with E-state index in [2.05, 4.69) is 26.1 Å². The molecule has 0 unspecified atom stereocenters. The molecule has 8 heteroatoms. The van der Waals surface area contributed by atoms with Crippen LogP contribution in [0.1, 0.15) is 29.0 Å². The van der Waals surface area contributed by atoms with E-state index in [4.69, 9.17) is 0 Å². The lowest BCUT2D eigenvalue weighted by Crippen LogP contribution is -2.39. The number of thiophene rings is 1. The van der Waals surface area contributed by atoms with Crippen molar-refractivity contribution in [2.45, 2.75) is 19.3 Å². The molecular formula is C19H19BrN4O2S. The van der Waals surface area contributed by atoms with Crippen LogP contribution in [0.5, 0.6) is 0 Å². The van der Waals surface area contributed by atoms with Crippen molar-refractivity contribution in [2.75, 3.05) is 13.1 Å². The van der Waals surface area contributed by atoms with Gasteiger partial charge < -0.3 is 4.90 Å². The number of benzene rings is 1. The number of likely N-dealkylation sites (tertiary alicyclic amines) is 1. The van der Waals surface area contributed by atoms with E-state index in [1.807, 2.05) is 46.7 Å². The van der Waals surface area contributed by atoms with Crippen LogP contribution in [0.2, 0.25) is 0 Å². The van der Waals surface area contributed by atoms with Gasteiger partial charge in [0.2, 0.25) is 0 Å². The monoisotopic (exact) mass is 446 g/mol. The van der Waals surface area contributed by atoms with Crippen LogP contribution in [0.15, 0.2) is 51.0 Å². The van der Waals surface area contributed by atoms with Crippen LogP contribution in [-0.2, 0) is 6.42 Å². The SMILES string of the molecule is O=C(c1cccc(Br)c1)N1CCC(Cc2n[nH]c(=O)n2-c2cccs2)CC1. The molecule has 1 fully saturated rings. The normalized spacial score (nSPS) is 15.2. The number of piperidine rings is 1. The van der Waals surface area contributed by atoms with Gasteiger partial charge in [-0.1, -0.05) is 22.0 Å². The summed E-state index contributed by atoms with van der Waals surface area (Å²) in [6.45, 7) is 1.45. The Kier molecular flexibility index (Phi) is 5.27. The molecular weight excluding hydrogens is 428 g/mol. The highest BCUT2D eigenvalue weighted by atomic mass is 79.9. The average Bonchev–Trinajstić information content (AvgIpc) is 3.31. The van der Waals surface area contributed by atoms with E-state index < -0.39 is 0 Å². The largest absolute Gasteiger partial charge is 0.348 e. The highest BCUT2D eigenvalue weighted by Gasteiger charge is 2.25. The van der Waals surface area contributed by atoms with E-state index in [1.165, 1.54) is 11.3 Å². The maximum absolute atomic E-state index is 12.7. The van der Waals surface area contributed by atoms with Crippen molar-refractivity contribution < 1.29 is 4.79 Å². The van der Waals surface area contributed by atoms with Gasteiger partial charge in [0, 0.05) is 29.5 Å². The number of carbonyl (C=O) groups is 1. The molecule has 27 heavy (non-hydrogen) atoms. The van der Waals surface area contributed by atoms with E-state index in [1.54, 1.807) is 4.57 Å². The Balaban J connectivity index is 1.41. The molecule has 0 bridgehead atoms. The van der Waals surface area contributed by atoms with Crippen LogP contribution >= 0.6 is 27.3 Å². The van der Waals surface area contributed by atoms with E-state index >= 15 is 0 Å². The zero-order chi connectivity index (χ0) is 18.8. The Hall–Kier alpha value is -2.19. The highest BCUT2D eigenvalue weighted by molar-refractivity contribution is 9.10. The van der Waals surface area contributed by atoms with Crippen molar-refractivity contribution >= 4 is 33.2 Å². The van der Waals surface area contributed by atoms with E-state index in [9.17, 15) is 9.59 Å². The Bertz CT molecular complexity index is 987. The quantitative estimate of drug-likeness (QED) is 0.666. The van der Waals surface area contributed by atoms with E-state index in [0.29, 0.717) is 11.5 Å². The molecule has 1 saturated heterocycles. The van der Waals surface area contributed by atoms with Gasteiger partial charge in [-0.15, -0.1) is 11.3 Å². The first-order chi connectivity index (χ1) is 13.1. The molecule has 0 saturated carbocycles. The first-order valence-electron chi connectivity index (χ1n) is 8.87. The first kappa shape index (κ1) is 18.2. The minimum Gasteiger partial charge on any atom is -0.339 e. The lowest BCUT2D eigenvalue weighted by molar-refractivity contribution is 0.0689. The summed E-state index contributed by atoms with van der Waals surface area (Å²) in [5.74, 6) is 1.25. The van der Waals surface area contributed by atoms with E-state index in [-0.39, 0.29) is 11.6 Å². The number of nitrogens with one attached hydrogen (secondary N) is 1. The summed E-state index contributed by atoms with van der Waals surface area (Å²) in [5.41, 5.74) is 0.511. The number of aromatic nitrogens is 3. The van der Waals surface area contributed by atoms with Crippen LogP contribution in [0.25, 0.3) is 5.00 Å². The zero-order valence-electron chi connectivity index (χ0n) is 14.6. The van der Waals surface area contributed by atoms with Gasteiger partial charge in [-0.05, 0) is 54.5 Å². The Labute approximate surface area is 169 Å². The van der Waals surface area contributed by atoms with Gasteiger partial charge in [0.1, 0.15) is 10.8 Å². The summed E-state index contributed by atoms with van der Waals surface area (Å²) in [7, 11) is 0. The van der Waals surface area contributed by atoms with Gasteiger partial charge in [-0.2, -0.15) is 5.10 Å². The number of amides is 1. The molecule has 0 radical (unpaired) electrons. The molecule has 3 aromatic rings. The standard InChI is InChI=1S/C19H19BrN4O2S/c20-15-4-1-3-14(12-15)18(25)23-8-6-13(7-9-23)11-16-21-22-19(26)24(16)17-5-2-10-27-17/h1-5,10,12-13H,6-9,11H2,(H,22,26). The number of hydrogen-bond acceptors (Lipinski definition) is 4. The number of rotatable bonds is 4. The van der Waals surface area contributed by atoms with Gasteiger partial charge in [-0.25, -0.2) is 14.5 Å². The summed E-state index contributed by atoms with van der Waals surface area (Å²) in [4.78, 5) is 26.7. The second kappa shape index (κ2) is 7.82. The second-order valence-electron chi connectivity index (χ2n) is 6.68. The topological polar surface area (TPSA) is 71.0 Å². The van der Waals surface area contributed by atoms with Gasteiger partial charge in [0.25, 0.3) is 5.91 Å². The molecule has 1 amide bonds. The maximum atomic E-state index is 12.7. The second-order valence-corrected chi connectivity index (χ2v) is 8.52. The number of carbonyl (C=O) groups excluding carboxylic acids is 1. The fraction of sp³-hybridized carbons (Fsp3) is 0.316. The smallest absolute Gasteiger partial charge is 0.339 e. The average molecular weight is 447 g/mol. The third kappa shape index (κ3) is 3.91. The minimum atomic E-state index is -0.199. The molecule has 6 nitrogen and oxygen atoms in total. The number of halogens is 1. The molecule has 0 spiro atoms. The molecule has 1 aliphatic rings. The Morgan fingerprint density at radius 1 is 1.26 bits per heavy atom. The fourth-order valence-electron chi connectivity index (χ4n) is 3.49. The molecule has 4 rings (SSSR count). The van der Waals surface area contributed by atoms with Crippen LogP contribution in [0.3, 0.4) is 0 Å². The molecule has 0 aliphatic carbocycles. The highest BCUT2D eigenvalue weighted by Crippen LogP contribution is 2.24. The van der Waals surface area contributed by atoms with Gasteiger partial charge >= 0.3 is 5.69 Å². The van der Waals surface area contributed by atoms with Crippen molar-refractivity contribution in [3.8, 4) is 5.00 Å². The van der Waals surface area contributed by atoms with Crippen molar-refractivity contribution in [3.63, 3.8) is 0 Å². The molecule has 2 aromatic heterocycles. The van der Waals surface area contributed by atoms with Gasteiger partial charge in [0.05, 0.1) is 0 Å². The molecule has 1 N–H and O–H groups in total. The molecule has 0 atom stereocenters. The Morgan fingerprint density at radius 2 is 2.07 bits per heavy atom. The summed E-state index contributed by atoms with van der Waals surface area (Å²) in [6.07, 6.45) is 2.55. The predicted molar refractivity (Wildman–Crippen MR) is 109 cm³/mol. The van der Waals surface area contributed by atoms with E-state index in [0.717, 1.165) is 47.7 Å². The predicted octanol–water partition coefficient (Wildman–Crippen LogP) is 3.48. The molecule has 1 aliphatic heterocycles. The first-order valence-corrected chi connectivity index (χ1v) is 10.5. The van der Waals surface area contributed by atoms with Crippen molar-refractivity contribution in [2.24, 2.45) is 5.92 Å². The zero-order valence-corrected chi connectivity index (χ0v) is 17.0. The van der Waals surface area contributed by atoms with Gasteiger partial charge in [0.15, 0.2) is 0 Å². The Morgan fingerprint density at radius 3 is 2.78 bits per heavy atom. The van der Waals surface area contributed by atoms with Crippen molar-refractivity contribution in [3.05, 3.63) is 68.1 Å². The number of hydrogen-bond donors (Lipinski definition) is 1. The lowest BCUT2D eigenvalue weighted by atomic mass is 9.93. The third-order valence-electron chi connectivity index (χ3n) is 4.91. The summed E-state index contributed by atoms with van der Waals surface area (Å²) in [6, 6.07) is 11.4. The number of aromatic amines is 1. The molecule has 1 aromatic carbocycles. The minimum absolute atomic E-state index is 0.0741. The maximum Gasteiger partial charge on any atom is 0.348 e. The van der Waals surface area contributed by atoms with Crippen molar-refractivity contribution in [1.82, 2.24) is 19.7 Å². The van der Waals surface area contributed by atoms with Gasteiger partial charge in [-0.3, -0.25) is 4.79 Å². The lowest BCUT2D eigenvalue weighted by Gasteiger charge is -2.32. The van der Waals surface area contributed by atoms with Crippen LogP contribution in [0.4, 0.5) is 0 Å². The van der Waals surface area contributed by atoms with Crippen LogP contribution in [-0.4, -0.2) is 38.7 Å². The molecule has 140 valence electrons.